The number of anilines is 1. The van der Waals surface area contributed by atoms with Crippen molar-refractivity contribution in [1.29, 1.82) is 0 Å². The highest BCUT2D eigenvalue weighted by Crippen LogP contribution is 2.45. The number of H-pyrrole nitrogens is 1. The smallest absolute Gasteiger partial charge is 0.332 e. The molecule has 0 aliphatic carbocycles. The normalized spacial score (nSPS) is 18.0. The van der Waals surface area contributed by atoms with E-state index in [4.69, 9.17) is 0 Å². The van der Waals surface area contributed by atoms with E-state index < -0.39 is 24.0 Å². The standard InChI is InChI=1S/C33H25FN4O3/c34-22-16-14-20(15-17-22)19-35-31(39)24-11-5-7-13-27(24)38-32(40)28-18-25-23-10-4-6-12-26(23)36-29(25)30(37(28)33(38)41)21-8-2-1-3-9-21/h1-17,28,30,36H,18-19H2,(H,35,39)/t28-,30-/m0/s1. The number of hydrogen-bond donors (Lipinski definition) is 2. The SMILES string of the molecule is O=C(NCc1ccc(F)cc1)c1ccccc1N1C(=O)[C@@H]2Cc3c([nH]c4ccccc34)[C@H](c3ccccc3)N2C1=O. The third-order valence-electron chi connectivity index (χ3n) is 7.92. The lowest BCUT2D eigenvalue weighted by Crippen LogP contribution is -2.44. The van der Waals surface area contributed by atoms with Crippen molar-refractivity contribution in [3.8, 4) is 0 Å². The minimum atomic E-state index is -0.727. The van der Waals surface area contributed by atoms with Crippen LogP contribution in [0.1, 0.15) is 38.8 Å². The Morgan fingerprint density at radius 3 is 2.39 bits per heavy atom. The first-order valence-corrected chi connectivity index (χ1v) is 13.4. The summed E-state index contributed by atoms with van der Waals surface area (Å²) in [5.74, 6) is -1.17. The molecule has 3 heterocycles. The van der Waals surface area contributed by atoms with Gasteiger partial charge in [-0.05, 0) is 47.0 Å². The molecule has 0 spiro atoms. The van der Waals surface area contributed by atoms with Gasteiger partial charge in [0.15, 0.2) is 0 Å². The molecular weight excluding hydrogens is 519 g/mol. The van der Waals surface area contributed by atoms with Gasteiger partial charge >= 0.3 is 6.03 Å². The maximum atomic E-state index is 14.2. The molecule has 5 aromatic rings. The first-order chi connectivity index (χ1) is 20.0. The van der Waals surface area contributed by atoms with Gasteiger partial charge in [-0.2, -0.15) is 0 Å². The lowest BCUT2D eigenvalue weighted by atomic mass is 9.89. The Morgan fingerprint density at radius 2 is 1.59 bits per heavy atom. The van der Waals surface area contributed by atoms with Gasteiger partial charge in [0.05, 0.1) is 11.3 Å². The summed E-state index contributed by atoms with van der Waals surface area (Å²) in [6.45, 7) is 0.169. The van der Waals surface area contributed by atoms with Crippen molar-refractivity contribution in [2.75, 3.05) is 4.90 Å². The number of para-hydroxylation sites is 2. The number of aromatic nitrogens is 1. The number of nitrogens with zero attached hydrogens (tertiary/aromatic N) is 2. The summed E-state index contributed by atoms with van der Waals surface area (Å²) in [4.78, 5) is 47.9. The highest BCUT2D eigenvalue weighted by atomic mass is 19.1. The number of halogens is 1. The molecule has 7 rings (SSSR count). The highest BCUT2D eigenvalue weighted by molar-refractivity contribution is 6.24. The second-order valence-corrected chi connectivity index (χ2v) is 10.3. The van der Waals surface area contributed by atoms with E-state index in [1.54, 1.807) is 41.3 Å². The van der Waals surface area contributed by atoms with Crippen LogP contribution in [0.25, 0.3) is 10.9 Å². The number of amides is 4. The average Bonchev–Trinajstić information content (AvgIpc) is 3.50. The Morgan fingerprint density at radius 1 is 0.878 bits per heavy atom. The summed E-state index contributed by atoms with van der Waals surface area (Å²) in [5.41, 5.74) is 4.91. The molecule has 1 saturated heterocycles. The molecule has 4 aromatic carbocycles. The van der Waals surface area contributed by atoms with E-state index in [2.05, 4.69) is 10.3 Å². The van der Waals surface area contributed by atoms with Crippen molar-refractivity contribution in [2.24, 2.45) is 0 Å². The van der Waals surface area contributed by atoms with Gasteiger partial charge in [0, 0.05) is 29.6 Å². The van der Waals surface area contributed by atoms with E-state index in [-0.39, 0.29) is 29.5 Å². The van der Waals surface area contributed by atoms with Crippen LogP contribution in [0.5, 0.6) is 0 Å². The van der Waals surface area contributed by atoms with E-state index in [1.807, 2.05) is 54.6 Å². The molecule has 8 heteroatoms. The first-order valence-electron chi connectivity index (χ1n) is 13.4. The lowest BCUT2D eigenvalue weighted by Gasteiger charge is -2.36. The Balaban J connectivity index is 1.26. The van der Waals surface area contributed by atoms with Crippen molar-refractivity contribution >= 4 is 34.4 Å². The summed E-state index contributed by atoms with van der Waals surface area (Å²) in [6.07, 6.45) is 0.364. The van der Waals surface area contributed by atoms with Crippen LogP contribution >= 0.6 is 0 Å². The number of carbonyl (C=O) groups excluding carboxylic acids is 3. The number of aromatic amines is 1. The number of rotatable bonds is 5. The summed E-state index contributed by atoms with van der Waals surface area (Å²) in [6, 6.07) is 28.4. The van der Waals surface area contributed by atoms with Crippen LogP contribution in [0.3, 0.4) is 0 Å². The van der Waals surface area contributed by atoms with Crippen LogP contribution in [0, 0.1) is 5.82 Å². The van der Waals surface area contributed by atoms with Gasteiger partial charge < -0.3 is 10.3 Å². The van der Waals surface area contributed by atoms with Gasteiger partial charge in [-0.3, -0.25) is 14.5 Å². The summed E-state index contributed by atoms with van der Waals surface area (Å²) in [7, 11) is 0. The van der Waals surface area contributed by atoms with Gasteiger partial charge in [-0.25, -0.2) is 14.1 Å². The number of carbonyl (C=O) groups is 3. The highest BCUT2D eigenvalue weighted by Gasteiger charge is 2.53. The van der Waals surface area contributed by atoms with E-state index in [0.29, 0.717) is 6.42 Å². The van der Waals surface area contributed by atoms with E-state index >= 15 is 0 Å². The molecule has 4 amide bonds. The van der Waals surface area contributed by atoms with Crippen LogP contribution in [-0.4, -0.2) is 33.8 Å². The molecule has 7 nitrogen and oxygen atoms in total. The van der Waals surface area contributed by atoms with Crippen molar-refractivity contribution < 1.29 is 18.8 Å². The van der Waals surface area contributed by atoms with Gasteiger partial charge in [0.2, 0.25) is 0 Å². The summed E-state index contributed by atoms with van der Waals surface area (Å²) >= 11 is 0. The van der Waals surface area contributed by atoms with Gasteiger partial charge in [0.25, 0.3) is 11.8 Å². The van der Waals surface area contributed by atoms with Crippen molar-refractivity contribution in [1.82, 2.24) is 15.2 Å². The maximum Gasteiger partial charge on any atom is 0.332 e. The van der Waals surface area contributed by atoms with E-state index in [9.17, 15) is 18.8 Å². The molecule has 2 N–H and O–H groups in total. The quantitative estimate of drug-likeness (QED) is 0.278. The minimum absolute atomic E-state index is 0.169. The van der Waals surface area contributed by atoms with Crippen molar-refractivity contribution in [3.05, 3.63) is 137 Å². The largest absolute Gasteiger partial charge is 0.356 e. The zero-order chi connectivity index (χ0) is 28.1. The monoisotopic (exact) mass is 544 g/mol. The van der Waals surface area contributed by atoms with Crippen LogP contribution < -0.4 is 10.2 Å². The Hall–Kier alpha value is -5.24. The number of urea groups is 1. The number of imide groups is 1. The zero-order valence-corrected chi connectivity index (χ0v) is 21.9. The fourth-order valence-electron chi connectivity index (χ4n) is 6.02. The molecule has 0 bridgehead atoms. The summed E-state index contributed by atoms with van der Waals surface area (Å²) < 4.78 is 13.3. The molecule has 41 heavy (non-hydrogen) atoms. The second kappa shape index (κ2) is 9.75. The fourth-order valence-corrected chi connectivity index (χ4v) is 6.02. The number of nitrogens with one attached hydrogen (secondary N) is 2. The summed E-state index contributed by atoms with van der Waals surface area (Å²) in [5, 5.41) is 3.86. The van der Waals surface area contributed by atoms with Gasteiger partial charge in [-0.15, -0.1) is 0 Å². The minimum Gasteiger partial charge on any atom is -0.356 e. The molecule has 1 fully saturated rings. The lowest BCUT2D eigenvalue weighted by molar-refractivity contribution is -0.120. The number of fused-ring (bicyclic) bond motifs is 4. The predicted octanol–water partition coefficient (Wildman–Crippen LogP) is 5.72. The molecule has 2 atom stereocenters. The molecule has 0 unspecified atom stereocenters. The van der Waals surface area contributed by atoms with Crippen LogP contribution in [-0.2, 0) is 17.8 Å². The first kappa shape index (κ1) is 24.8. The number of benzene rings is 4. The molecule has 2 aliphatic rings. The topological polar surface area (TPSA) is 85.5 Å². The third-order valence-corrected chi connectivity index (χ3v) is 7.92. The third kappa shape index (κ3) is 4.07. The Bertz CT molecular complexity index is 1820. The molecule has 202 valence electrons. The molecule has 0 radical (unpaired) electrons. The molecule has 2 aliphatic heterocycles. The molecular formula is C33H25FN4O3. The molecule has 0 saturated carbocycles. The van der Waals surface area contributed by atoms with Crippen molar-refractivity contribution in [3.63, 3.8) is 0 Å². The van der Waals surface area contributed by atoms with E-state index in [0.717, 1.165) is 38.2 Å². The predicted molar refractivity (Wildman–Crippen MR) is 153 cm³/mol. The average molecular weight is 545 g/mol. The van der Waals surface area contributed by atoms with Crippen LogP contribution in [0.4, 0.5) is 14.9 Å². The van der Waals surface area contributed by atoms with Gasteiger partial charge in [-0.1, -0.05) is 72.8 Å². The van der Waals surface area contributed by atoms with Crippen LogP contribution in [0.2, 0.25) is 0 Å². The van der Waals surface area contributed by atoms with Crippen molar-refractivity contribution in [2.45, 2.75) is 25.0 Å². The molecule has 1 aromatic heterocycles. The maximum absolute atomic E-state index is 14.2. The number of hydrogen-bond acceptors (Lipinski definition) is 3. The Kier molecular flexibility index (Phi) is 5.89. The zero-order valence-electron chi connectivity index (χ0n) is 21.9. The van der Waals surface area contributed by atoms with Gasteiger partial charge in [0.1, 0.15) is 17.9 Å². The Labute approximate surface area is 235 Å². The second-order valence-electron chi connectivity index (χ2n) is 10.3. The fraction of sp³-hybridized carbons (Fsp3) is 0.121. The van der Waals surface area contributed by atoms with Crippen LogP contribution in [0.15, 0.2) is 103 Å². The van der Waals surface area contributed by atoms with E-state index in [1.165, 1.54) is 12.1 Å².